The standard InChI is InChI=1S/C21H19NO6S/c1-2-28-18(23)13-17-19(29(26,27)16-11-7-4-8-12-16)21(25)22(20(17)24)14-15-9-5-3-6-10-15/h3-13,19H,2,14H2,1H3/b17-13+. The highest BCUT2D eigenvalue weighted by Crippen LogP contribution is 2.31. The van der Waals surface area contributed by atoms with Crippen molar-refractivity contribution in [3.05, 3.63) is 77.9 Å². The van der Waals surface area contributed by atoms with Gasteiger partial charge in [-0.05, 0) is 24.6 Å². The Morgan fingerprint density at radius 1 is 1.03 bits per heavy atom. The summed E-state index contributed by atoms with van der Waals surface area (Å²) in [5.41, 5.74) is 0.246. The molecule has 0 aromatic heterocycles. The van der Waals surface area contributed by atoms with Crippen molar-refractivity contribution in [2.75, 3.05) is 6.61 Å². The second kappa shape index (κ2) is 8.40. The molecule has 8 heteroatoms. The summed E-state index contributed by atoms with van der Waals surface area (Å²) in [6.45, 7) is 1.53. The summed E-state index contributed by atoms with van der Waals surface area (Å²) in [4.78, 5) is 38.6. The average Bonchev–Trinajstić information content (AvgIpc) is 2.94. The summed E-state index contributed by atoms with van der Waals surface area (Å²) in [7, 11) is -4.24. The predicted molar refractivity (Wildman–Crippen MR) is 104 cm³/mol. The van der Waals surface area contributed by atoms with Gasteiger partial charge < -0.3 is 4.74 Å². The number of likely N-dealkylation sites (tertiary alicyclic amines) is 1. The number of esters is 1. The van der Waals surface area contributed by atoms with E-state index in [0.717, 1.165) is 11.0 Å². The molecule has 7 nitrogen and oxygen atoms in total. The molecule has 1 aliphatic heterocycles. The highest BCUT2D eigenvalue weighted by atomic mass is 32.2. The number of hydrogen-bond donors (Lipinski definition) is 0. The Morgan fingerprint density at radius 3 is 2.21 bits per heavy atom. The molecule has 150 valence electrons. The second-order valence-corrected chi connectivity index (χ2v) is 8.34. The Morgan fingerprint density at radius 2 is 1.62 bits per heavy atom. The van der Waals surface area contributed by atoms with Crippen LogP contribution in [0, 0.1) is 0 Å². The minimum atomic E-state index is -4.24. The molecule has 2 aromatic rings. The summed E-state index contributed by atoms with van der Waals surface area (Å²) in [5.74, 6) is -2.59. The number of carbonyl (C=O) groups excluding carboxylic acids is 3. The van der Waals surface area contributed by atoms with Crippen molar-refractivity contribution in [1.29, 1.82) is 0 Å². The van der Waals surface area contributed by atoms with Gasteiger partial charge in [0.1, 0.15) is 0 Å². The first-order chi connectivity index (χ1) is 13.9. The molecule has 0 radical (unpaired) electrons. The molecule has 0 N–H and O–H groups in total. The predicted octanol–water partition coefficient (Wildman–Crippen LogP) is 1.89. The van der Waals surface area contributed by atoms with Gasteiger partial charge in [-0.1, -0.05) is 48.5 Å². The van der Waals surface area contributed by atoms with E-state index in [1.807, 2.05) is 0 Å². The molecule has 1 aliphatic rings. The van der Waals surface area contributed by atoms with Gasteiger partial charge in [0.2, 0.25) is 0 Å². The van der Waals surface area contributed by atoms with Crippen LogP contribution in [0.15, 0.2) is 77.2 Å². The van der Waals surface area contributed by atoms with Gasteiger partial charge in [-0.25, -0.2) is 13.2 Å². The van der Waals surface area contributed by atoms with E-state index < -0.39 is 38.4 Å². The zero-order valence-corrected chi connectivity index (χ0v) is 16.5. The van der Waals surface area contributed by atoms with Gasteiger partial charge in [-0.15, -0.1) is 0 Å². The van der Waals surface area contributed by atoms with Crippen molar-refractivity contribution >= 4 is 27.6 Å². The van der Waals surface area contributed by atoms with Crippen molar-refractivity contribution in [2.45, 2.75) is 23.6 Å². The Balaban J connectivity index is 2.06. The van der Waals surface area contributed by atoms with Crippen LogP contribution in [-0.2, 0) is 35.5 Å². The number of nitrogens with zero attached hydrogens (tertiary/aromatic N) is 1. The topological polar surface area (TPSA) is 97.8 Å². The maximum absolute atomic E-state index is 13.1. The number of ether oxygens (including phenoxy) is 1. The molecular formula is C21H19NO6S. The Bertz CT molecular complexity index is 1060. The van der Waals surface area contributed by atoms with Crippen LogP contribution in [0.2, 0.25) is 0 Å². The molecule has 1 heterocycles. The number of imide groups is 1. The molecule has 0 aliphatic carbocycles. The smallest absolute Gasteiger partial charge is 0.331 e. The molecule has 29 heavy (non-hydrogen) atoms. The van der Waals surface area contributed by atoms with Crippen LogP contribution in [-0.4, -0.2) is 43.0 Å². The van der Waals surface area contributed by atoms with Crippen LogP contribution in [0.4, 0.5) is 0 Å². The maximum Gasteiger partial charge on any atom is 0.331 e. The number of amides is 2. The monoisotopic (exact) mass is 413 g/mol. The van der Waals surface area contributed by atoms with E-state index >= 15 is 0 Å². The molecule has 0 bridgehead atoms. The van der Waals surface area contributed by atoms with Crippen LogP contribution in [0.5, 0.6) is 0 Å². The van der Waals surface area contributed by atoms with Crippen molar-refractivity contribution < 1.29 is 27.5 Å². The van der Waals surface area contributed by atoms with Crippen LogP contribution in [0.1, 0.15) is 12.5 Å². The molecule has 2 amide bonds. The number of benzene rings is 2. The molecule has 1 atom stereocenters. The van der Waals surface area contributed by atoms with Gasteiger partial charge in [-0.2, -0.15) is 0 Å². The first kappa shape index (κ1) is 20.5. The Kier molecular flexibility index (Phi) is 5.93. The van der Waals surface area contributed by atoms with Gasteiger partial charge in [0.25, 0.3) is 11.8 Å². The SMILES string of the molecule is CCOC(=O)/C=C1/C(=O)N(Cc2ccccc2)C(=O)C1S(=O)(=O)c1ccccc1. The van der Waals surface area contributed by atoms with Gasteiger partial charge in [-0.3, -0.25) is 14.5 Å². The van der Waals surface area contributed by atoms with E-state index in [4.69, 9.17) is 4.74 Å². The fraction of sp³-hybridized carbons (Fsp3) is 0.190. The minimum absolute atomic E-state index is 0.0502. The lowest BCUT2D eigenvalue weighted by molar-refractivity contribution is -0.139. The van der Waals surface area contributed by atoms with Gasteiger partial charge in [0.15, 0.2) is 15.1 Å². The van der Waals surface area contributed by atoms with Crippen molar-refractivity contribution in [2.24, 2.45) is 0 Å². The molecule has 0 saturated carbocycles. The molecule has 1 saturated heterocycles. The normalized spacial score (nSPS) is 18.3. The lowest BCUT2D eigenvalue weighted by Gasteiger charge is -2.14. The molecule has 0 spiro atoms. The molecular weight excluding hydrogens is 394 g/mol. The number of rotatable bonds is 6. The molecule has 1 unspecified atom stereocenters. The Hall–Kier alpha value is -3.26. The first-order valence-corrected chi connectivity index (χ1v) is 10.5. The molecule has 2 aromatic carbocycles. The van der Waals surface area contributed by atoms with Gasteiger partial charge >= 0.3 is 5.97 Å². The van der Waals surface area contributed by atoms with Crippen LogP contribution in [0.25, 0.3) is 0 Å². The summed E-state index contributed by atoms with van der Waals surface area (Å²) in [6.07, 6.45) is 0.805. The first-order valence-electron chi connectivity index (χ1n) is 8.93. The number of carbonyl (C=O) groups is 3. The average molecular weight is 413 g/mol. The van der Waals surface area contributed by atoms with Crippen LogP contribution in [0.3, 0.4) is 0 Å². The largest absolute Gasteiger partial charge is 0.463 e. The highest BCUT2D eigenvalue weighted by molar-refractivity contribution is 7.93. The quantitative estimate of drug-likeness (QED) is 0.408. The third kappa shape index (κ3) is 4.12. The summed E-state index contributed by atoms with van der Waals surface area (Å²) in [6, 6.07) is 16.1. The van der Waals surface area contributed by atoms with Crippen LogP contribution >= 0.6 is 0 Å². The van der Waals surface area contributed by atoms with E-state index in [9.17, 15) is 22.8 Å². The van der Waals surface area contributed by atoms with E-state index in [-0.39, 0.29) is 18.0 Å². The zero-order chi connectivity index (χ0) is 21.0. The van der Waals surface area contributed by atoms with Gasteiger partial charge in [0, 0.05) is 6.08 Å². The second-order valence-electron chi connectivity index (χ2n) is 6.30. The summed E-state index contributed by atoms with van der Waals surface area (Å²) >= 11 is 0. The maximum atomic E-state index is 13.1. The van der Waals surface area contributed by atoms with E-state index in [1.54, 1.807) is 43.3 Å². The Labute approximate surface area is 168 Å². The minimum Gasteiger partial charge on any atom is -0.463 e. The van der Waals surface area contributed by atoms with Crippen LogP contribution < -0.4 is 0 Å². The summed E-state index contributed by atoms with van der Waals surface area (Å²) < 4.78 is 31.1. The molecule has 1 fully saturated rings. The van der Waals surface area contributed by atoms with Gasteiger partial charge in [0.05, 0.1) is 23.6 Å². The molecule has 3 rings (SSSR count). The third-order valence-electron chi connectivity index (χ3n) is 4.39. The number of hydrogen-bond acceptors (Lipinski definition) is 6. The van der Waals surface area contributed by atoms with Crippen molar-refractivity contribution in [3.8, 4) is 0 Å². The fourth-order valence-electron chi connectivity index (χ4n) is 3.05. The zero-order valence-electron chi connectivity index (χ0n) is 15.6. The summed E-state index contributed by atoms with van der Waals surface area (Å²) in [5, 5.41) is -1.80. The van der Waals surface area contributed by atoms with E-state index in [0.29, 0.717) is 5.56 Å². The highest BCUT2D eigenvalue weighted by Gasteiger charge is 2.51. The lowest BCUT2D eigenvalue weighted by Crippen LogP contribution is -2.34. The van der Waals surface area contributed by atoms with Crippen molar-refractivity contribution in [3.63, 3.8) is 0 Å². The third-order valence-corrected chi connectivity index (χ3v) is 6.40. The van der Waals surface area contributed by atoms with Crippen molar-refractivity contribution in [1.82, 2.24) is 4.90 Å². The lowest BCUT2D eigenvalue weighted by atomic mass is 10.2. The fourth-order valence-corrected chi connectivity index (χ4v) is 4.76. The van der Waals surface area contributed by atoms with E-state index in [2.05, 4.69) is 0 Å². The van der Waals surface area contributed by atoms with E-state index in [1.165, 1.54) is 24.3 Å². The number of sulfone groups is 1.